The molecule has 6 nitrogen and oxygen atoms in total. The summed E-state index contributed by atoms with van der Waals surface area (Å²) in [7, 11) is 1.87. The lowest BCUT2D eigenvalue weighted by molar-refractivity contribution is 0.189. The van der Waals surface area contributed by atoms with Gasteiger partial charge in [0.15, 0.2) is 0 Å². The Morgan fingerprint density at radius 3 is 2.50 bits per heavy atom. The van der Waals surface area contributed by atoms with E-state index in [2.05, 4.69) is 31.2 Å². The van der Waals surface area contributed by atoms with Gasteiger partial charge in [0.2, 0.25) is 0 Å². The molecule has 0 aliphatic carbocycles. The van der Waals surface area contributed by atoms with E-state index in [1.807, 2.05) is 27.1 Å². The van der Waals surface area contributed by atoms with Crippen molar-refractivity contribution < 1.29 is 4.79 Å². The van der Waals surface area contributed by atoms with Gasteiger partial charge in [-0.05, 0) is 13.8 Å². The van der Waals surface area contributed by atoms with Crippen molar-refractivity contribution in [2.45, 2.75) is 52.1 Å². The van der Waals surface area contributed by atoms with Crippen LogP contribution in [0.3, 0.4) is 0 Å². The predicted molar refractivity (Wildman–Crippen MR) is 77.9 cm³/mol. The summed E-state index contributed by atoms with van der Waals surface area (Å²) >= 11 is 0. The second kappa shape index (κ2) is 4.61. The van der Waals surface area contributed by atoms with Gasteiger partial charge >= 0.3 is 6.03 Å². The average molecular weight is 277 g/mol. The fourth-order valence-corrected chi connectivity index (χ4v) is 2.63. The number of rotatable bonds is 2. The first-order valence-corrected chi connectivity index (χ1v) is 6.84. The second-order valence-electron chi connectivity index (χ2n) is 6.60. The highest BCUT2D eigenvalue weighted by atomic mass is 16.2. The topological polar surface area (TPSA) is 74.0 Å². The van der Waals surface area contributed by atoms with Crippen LogP contribution in [0, 0.1) is 5.41 Å². The number of nitrogens with zero attached hydrogens (tertiary/aromatic N) is 3. The fraction of sp³-hybridized carbons (Fsp3) is 0.643. The lowest BCUT2D eigenvalue weighted by Crippen LogP contribution is -2.36. The number of aryl methyl sites for hydroxylation is 1. The van der Waals surface area contributed by atoms with Crippen LogP contribution in [0.4, 0.5) is 4.79 Å². The fourth-order valence-electron chi connectivity index (χ4n) is 2.63. The molecule has 0 spiro atoms. The third kappa shape index (κ3) is 2.30. The van der Waals surface area contributed by atoms with Crippen molar-refractivity contribution in [2.24, 2.45) is 7.05 Å². The van der Waals surface area contributed by atoms with Crippen LogP contribution in [0.5, 0.6) is 0 Å². The molecular weight excluding hydrogens is 254 g/mol. The molecule has 1 saturated heterocycles. The van der Waals surface area contributed by atoms with E-state index in [4.69, 9.17) is 5.41 Å². The summed E-state index contributed by atoms with van der Waals surface area (Å²) in [4.78, 5) is 13.7. The molecule has 2 amide bonds. The molecule has 0 bridgehead atoms. The molecule has 20 heavy (non-hydrogen) atoms. The van der Waals surface area contributed by atoms with E-state index in [0.717, 1.165) is 11.3 Å². The van der Waals surface area contributed by atoms with Crippen LogP contribution in [0.25, 0.3) is 0 Å². The zero-order chi connectivity index (χ0) is 15.2. The van der Waals surface area contributed by atoms with E-state index in [-0.39, 0.29) is 29.4 Å². The van der Waals surface area contributed by atoms with Crippen molar-refractivity contribution in [3.05, 3.63) is 17.5 Å². The van der Waals surface area contributed by atoms with Crippen LogP contribution < -0.4 is 5.32 Å². The van der Waals surface area contributed by atoms with Gasteiger partial charge < -0.3 is 4.90 Å². The van der Waals surface area contributed by atoms with E-state index >= 15 is 0 Å². The molecule has 2 rings (SSSR count). The zero-order valence-corrected chi connectivity index (χ0v) is 13.0. The number of hydrogen-bond donors (Lipinski definition) is 2. The third-order valence-electron chi connectivity index (χ3n) is 3.45. The first-order valence-electron chi connectivity index (χ1n) is 6.84. The van der Waals surface area contributed by atoms with E-state index in [1.165, 1.54) is 0 Å². The van der Waals surface area contributed by atoms with Gasteiger partial charge in [0, 0.05) is 30.3 Å². The Labute approximate surface area is 119 Å². The van der Waals surface area contributed by atoms with Crippen LogP contribution in [0.15, 0.2) is 6.20 Å². The Balaban J connectivity index is 2.55. The Morgan fingerprint density at radius 2 is 2.00 bits per heavy atom. The summed E-state index contributed by atoms with van der Waals surface area (Å²) in [5, 5.41) is 15.2. The minimum absolute atomic E-state index is 0.0240. The molecule has 1 aliphatic heterocycles. The molecule has 1 unspecified atom stereocenters. The summed E-state index contributed by atoms with van der Waals surface area (Å²) in [5.74, 6) is 0.224. The molecule has 0 radical (unpaired) electrons. The maximum Gasteiger partial charge on any atom is 0.323 e. The minimum atomic E-state index is -0.370. The number of urea groups is 1. The first kappa shape index (κ1) is 14.6. The summed E-state index contributed by atoms with van der Waals surface area (Å²) in [6.07, 6.45) is 1.91. The SMILES string of the molecule is CC(C)N1C(=O)NC(=N)C1c1cn(C)nc1C(C)(C)C. The molecule has 1 atom stereocenters. The molecule has 0 aromatic carbocycles. The van der Waals surface area contributed by atoms with Crippen LogP contribution in [-0.4, -0.2) is 32.6 Å². The van der Waals surface area contributed by atoms with Gasteiger partial charge in [-0.25, -0.2) is 4.79 Å². The molecular formula is C14H23N5O. The van der Waals surface area contributed by atoms with Crippen LogP contribution >= 0.6 is 0 Å². The molecule has 2 N–H and O–H groups in total. The maximum atomic E-state index is 12.0. The number of carbonyl (C=O) groups is 1. The third-order valence-corrected chi connectivity index (χ3v) is 3.45. The monoisotopic (exact) mass is 277 g/mol. The summed E-state index contributed by atoms with van der Waals surface area (Å²) in [6.45, 7) is 10.2. The highest BCUT2D eigenvalue weighted by molar-refractivity contribution is 6.06. The smallest absolute Gasteiger partial charge is 0.308 e. The van der Waals surface area contributed by atoms with Crippen LogP contribution in [0.1, 0.15) is 51.9 Å². The van der Waals surface area contributed by atoms with Crippen LogP contribution in [-0.2, 0) is 12.5 Å². The molecule has 1 aromatic rings. The molecule has 0 saturated carbocycles. The van der Waals surface area contributed by atoms with Crippen molar-refractivity contribution in [3.8, 4) is 0 Å². The van der Waals surface area contributed by atoms with Crippen molar-refractivity contribution in [3.63, 3.8) is 0 Å². The molecule has 1 fully saturated rings. The van der Waals surface area contributed by atoms with Crippen molar-refractivity contribution in [1.29, 1.82) is 5.41 Å². The number of amidine groups is 1. The normalized spacial score (nSPS) is 19.9. The summed E-state index contributed by atoms with van der Waals surface area (Å²) in [6, 6.07) is -0.556. The molecule has 6 heteroatoms. The lowest BCUT2D eigenvalue weighted by atomic mass is 9.87. The first-order chi connectivity index (χ1) is 9.12. The second-order valence-corrected chi connectivity index (χ2v) is 6.60. The van der Waals surface area contributed by atoms with Crippen molar-refractivity contribution >= 4 is 11.9 Å². The summed E-state index contributed by atoms with van der Waals surface area (Å²) in [5.41, 5.74) is 1.72. The zero-order valence-electron chi connectivity index (χ0n) is 13.0. The highest BCUT2D eigenvalue weighted by Gasteiger charge is 2.41. The Morgan fingerprint density at radius 1 is 1.40 bits per heavy atom. The Kier molecular flexibility index (Phi) is 3.36. The number of aromatic nitrogens is 2. The molecule has 110 valence electrons. The average Bonchev–Trinajstić information content (AvgIpc) is 2.77. The Hall–Kier alpha value is -1.85. The highest BCUT2D eigenvalue weighted by Crippen LogP contribution is 2.34. The molecule has 1 aliphatic rings. The number of nitrogens with one attached hydrogen (secondary N) is 2. The number of amides is 2. The van der Waals surface area contributed by atoms with Gasteiger partial charge in [0.05, 0.1) is 5.69 Å². The van der Waals surface area contributed by atoms with Gasteiger partial charge in [-0.15, -0.1) is 0 Å². The lowest BCUT2D eigenvalue weighted by Gasteiger charge is -2.28. The van der Waals surface area contributed by atoms with Crippen molar-refractivity contribution in [1.82, 2.24) is 20.0 Å². The molecule has 1 aromatic heterocycles. The quantitative estimate of drug-likeness (QED) is 0.869. The van der Waals surface area contributed by atoms with Gasteiger partial charge in [-0.1, -0.05) is 20.8 Å². The largest absolute Gasteiger partial charge is 0.323 e. The predicted octanol–water partition coefficient (Wildman–Crippen LogP) is 2.17. The minimum Gasteiger partial charge on any atom is -0.308 e. The summed E-state index contributed by atoms with van der Waals surface area (Å²) < 4.78 is 1.75. The van der Waals surface area contributed by atoms with Crippen molar-refractivity contribution in [2.75, 3.05) is 0 Å². The van der Waals surface area contributed by atoms with E-state index in [0.29, 0.717) is 0 Å². The number of carbonyl (C=O) groups excluding carboxylic acids is 1. The molecule has 2 heterocycles. The van der Waals surface area contributed by atoms with Gasteiger partial charge in [0.25, 0.3) is 0 Å². The van der Waals surface area contributed by atoms with Gasteiger partial charge in [-0.3, -0.25) is 15.4 Å². The van der Waals surface area contributed by atoms with E-state index < -0.39 is 0 Å². The van der Waals surface area contributed by atoms with Gasteiger partial charge in [-0.2, -0.15) is 5.10 Å². The van der Waals surface area contributed by atoms with E-state index in [1.54, 1.807) is 9.58 Å². The number of hydrogen-bond acceptors (Lipinski definition) is 3. The Bertz CT molecular complexity index is 552. The van der Waals surface area contributed by atoms with Crippen LogP contribution in [0.2, 0.25) is 0 Å². The maximum absolute atomic E-state index is 12.0. The standard InChI is InChI=1S/C14H23N5O/c1-8(2)19-10(12(15)16-13(19)20)9-7-18(6)17-11(9)14(3,4)5/h7-8,10H,1-6H3,(H2,15,16,20). The van der Waals surface area contributed by atoms with E-state index in [9.17, 15) is 4.79 Å². The van der Waals surface area contributed by atoms with Gasteiger partial charge in [0.1, 0.15) is 11.9 Å².